The SMILES string of the molecule is C[C@H]1CCCC[C@H]1NC(=O)COC(=O)/C=C/Sc1ccccc1. The first kappa shape index (κ1) is 17.6. The molecule has 1 aliphatic rings. The van der Waals surface area contributed by atoms with E-state index in [0.29, 0.717) is 5.92 Å². The van der Waals surface area contributed by atoms with Crippen LogP contribution in [-0.2, 0) is 14.3 Å². The Morgan fingerprint density at radius 1 is 1.26 bits per heavy atom. The Morgan fingerprint density at radius 3 is 2.74 bits per heavy atom. The van der Waals surface area contributed by atoms with Crippen molar-refractivity contribution >= 4 is 23.6 Å². The van der Waals surface area contributed by atoms with Crippen LogP contribution in [0.5, 0.6) is 0 Å². The highest BCUT2D eigenvalue weighted by atomic mass is 32.2. The van der Waals surface area contributed by atoms with Crippen molar-refractivity contribution in [2.24, 2.45) is 5.92 Å². The fourth-order valence-corrected chi connectivity index (χ4v) is 3.28. The van der Waals surface area contributed by atoms with Gasteiger partial charge in [-0.05, 0) is 36.3 Å². The van der Waals surface area contributed by atoms with Gasteiger partial charge in [-0.3, -0.25) is 4.79 Å². The molecule has 1 fully saturated rings. The lowest BCUT2D eigenvalue weighted by molar-refractivity contribution is -0.144. The molecule has 124 valence electrons. The molecular weight excluding hydrogens is 310 g/mol. The smallest absolute Gasteiger partial charge is 0.331 e. The number of carbonyl (C=O) groups excluding carboxylic acids is 2. The molecule has 0 radical (unpaired) electrons. The van der Waals surface area contributed by atoms with E-state index in [2.05, 4.69) is 12.2 Å². The maximum Gasteiger partial charge on any atom is 0.331 e. The molecule has 0 saturated heterocycles. The molecule has 1 aromatic carbocycles. The Labute approximate surface area is 141 Å². The highest BCUT2D eigenvalue weighted by Gasteiger charge is 2.22. The molecule has 1 aliphatic carbocycles. The third-order valence-electron chi connectivity index (χ3n) is 3.95. The highest BCUT2D eigenvalue weighted by Crippen LogP contribution is 2.23. The molecule has 4 nitrogen and oxygen atoms in total. The first-order chi connectivity index (χ1) is 11.1. The minimum atomic E-state index is -0.500. The molecule has 0 heterocycles. The first-order valence-electron chi connectivity index (χ1n) is 7.99. The van der Waals surface area contributed by atoms with Gasteiger partial charge in [0.15, 0.2) is 6.61 Å². The summed E-state index contributed by atoms with van der Waals surface area (Å²) in [5.74, 6) is -0.230. The monoisotopic (exact) mass is 333 g/mol. The van der Waals surface area contributed by atoms with E-state index in [0.717, 1.165) is 24.2 Å². The van der Waals surface area contributed by atoms with Gasteiger partial charge < -0.3 is 10.1 Å². The summed E-state index contributed by atoms with van der Waals surface area (Å²) in [6.45, 7) is 1.93. The summed E-state index contributed by atoms with van der Waals surface area (Å²) < 4.78 is 4.97. The standard InChI is InChI=1S/C18H23NO3S/c1-14-7-5-6-10-16(14)19-17(20)13-22-18(21)11-12-23-15-8-3-2-4-9-15/h2-4,8-9,11-12,14,16H,5-7,10,13H2,1H3,(H,19,20)/b12-11+/t14-,16+/m0/s1. The van der Waals surface area contributed by atoms with Crippen molar-refractivity contribution in [3.63, 3.8) is 0 Å². The summed E-state index contributed by atoms with van der Waals surface area (Å²) in [6.07, 6.45) is 5.87. The van der Waals surface area contributed by atoms with Crippen molar-refractivity contribution in [3.8, 4) is 0 Å². The summed E-state index contributed by atoms with van der Waals surface area (Å²) >= 11 is 1.43. The van der Waals surface area contributed by atoms with Gasteiger partial charge in [0.2, 0.25) is 0 Å². The van der Waals surface area contributed by atoms with Crippen molar-refractivity contribution < 1.29 is 14.3 Å². The molecule has 0 aromatic heterocycles. The van der Waals surface area contributed by atoms with Crippen LogP contribution < -0.4 is 5.32 Å². The fourth-order valence-electron chi connectivity index (χ4n) is 2.63. The molecule has 1 aromatic rings. The maximum absolute atomic E-state index is 11.8. The van der Waals surface area contributed by atoms with Gasteiger partial charge in [-0.15, -0.1) is 0 Å². The number of ether oxygens (including phenoxy) is 1. The number of hydrogen-bond acceptors (Lipinski definition) is 4. The van der Waals surface area contributed by atoms with E-state index in [-0.39, 0.29) is 18.6 Å². The van der Waals surface area contributed by atoms with Crippen LogP contribution in [0.4, 0.5) is 0 Å². The lowest BCUT2D eigenvalue weighted by Gasteiger charge is -2.29. The van der Waals surface area contributed by atoms with Crippen LogP contribution in [-0.4, -0.2) is 24.5 Å². The Balaban J connectivity index is 1.66. The number of hydrogen-bond donors (Lipinski definition) is 1. The number of amides is 1. The maximum atomic E-state index is 11.8. The molecule has 0 unspecified atom stereocenters. The minimum absolute atomic E-state index is 0.208. The third kappa shape index (κ3) is 6.48. The summed E-state index contributed by atoms with van der Waals surface area (Å²) in [4.78, 5) is 24.5. The number of rotatable bonds is 6. The van der Waals surface area contributed by atoms with Crippen LogP contribution in [0, 0.1) is 5.92 Å². The lowest BCUT2D eigenvalue weighted by Crippen LogP contribution is -2.42. The van der Waals surface area contributed by atoms with Crippen LogP contribution in [0.3, 0.4) is 0 Å². The Kier molecular flexibility index (Phi) is 7.20. The second-order valence-electron chi connectivity index (χ2n) is 5.78. The number of nitrogens with one attached hydrogen (secondary N) is 1. The normalized spacial score (nSPS) is 21.1. The molecule has 2 atom stereocenters. The van der Waals surface area contributed by atoms with Gasteiger partial charge in [0.1, 0.15) is 0 Å². The zero-order valence-corrected chi connectivity index (χ0v) is 14.2. The van der Waals surface area contributed by atoms with Crippen molar-refractivity contribution in [3.05, 3.63) is 41.8 Å². The molecule has 1 N–H and O–H groups in total. The van der Waals surface area contributed by atoms with E-state index in [4.69, 9.17) is 4.74 Å². The molecule has 0 spiro atoms. The highest BCUT2D eigenvalue weighted by molar-refractivity contribution is 8.02. The predicted molar refractivity (Wildman–Crippen MR) is 92.0 cm³/mol. The summed E-state index contributed by atoms with van der Waals surface area (Å²) in [7, 11) is 0. The Morgan fingerprint density at radius 2 is 2.00 bits per heavy atom. The molecule has 1 amide bonds. The minimum Gasteiger partial charge on any atom is -0.452 e. The van der Waals surface area contributed by atoms with Crippen LogP contribution in [0.15, 0.2) is 46.7 Å². The van der Waals surface area contributed by atoms with Crippen molar-refractivity contribution in [1.82, 2.24) is 5.32 Å². The average molecular weight is 333 g/mol. The van der Waals surface area contributed by atoms with Crippen molar-refractivity contribution in [2.75, 3.05) is 6.61 Å². The molecule has 23 heavy (non-hydrogen) atoms. The molecule has 0 aliphatic heterocycles. The molecule has 2 rings (SSSR count). The van der Waals surface area contributed by atoms with Crippen LogP contribution in [0.1, 0.15) is 32.6 Å². The largest absolute Gasteiger partial charge is 0.452 e. The summed E-state index contributed by atoms with van der Waals surface area (Å²) in [5, 5.41) is 4.63. The molecular formula is C18H23NO3S. The first-order valence-corrected chi connectivity index (χ1v) is 8.87. The third-order valence-corrected chi connectivity index (χ3v) is 4.77. The Hall–Kier alpha value is -1.75. The Bertz CT molecular complexity index is 544. The van der Waals surface area contributed by atoms with Gasteiger partial charge in [0.25, 0.3) is 5.91 Å². The fraction of sp³-hybridized carbons (Fsp3) is 0.444. The van der Waals surface area contributed by atoms with Gasteiger partial charge in [-0.1, -0.05) is 49.7 Å². The second-order valence-corrected chi connectivity index (χ2v) is 6.76. The van der Waals surface area contributed by atoms with E-state index >= 15 is 0 Å². The topological polar surface area (TPSA) is 55.4 Å². The van der Waals surface area contributed by atoms with Crippen LogP contribution >= 0.6 is 11.8 Å². The summed E-state index contributed by atoms with van der Waals surface area (Å²) in [5.41, 5.74) is 0. The van der Waals surface area contributed by atoms with E-state index in [1.54, 1.807) is 5.41 Å². The number of benzene rings is 1. The van der Waals surface area contributed by atoms with Crippen molar-refractivity contribution in [2.45, 2.75) is 43.5 Å². The van der Waals surface area contributed by atoms with E-state index < -0.39 is 5.97 Å². The number of esters is 1. The number of carbonyl (C=O) groups is 2. The predicted octanol–water partition coefficient (Wildman–Crippen LogP) is 3.53. The van der Waals surface area contributed by atoms with Gasteiger partial charge in [0, 0.05) is 17.0 Å². The van der Waals surface area contributed by atoms with Gasteiger partial charge in [-0.2, -0.15) is 0 Å². The van der Waals surface area contributed by atoms with Gasteiger partial charge in [0.05, 0.1) is 0 Å². The van der Waals surface area contributed by atoms with E-state index in [1.807, 2.05) is 30.3 Å². The number of thioether (sulfide) groups is 1. The molecule has 5 heteroatoms. The zero-order chi connectivity index (χ0) is 16.5. The molecule has 0 bridgehead atoms. The zero-order valence-electron chi connectivity index (χ0n) is 13.4. The van der Waals surface area contributed by atoms with E-state index in [9.17, 15) is 9.59 Å². The summed E-state index contributed by atoms with van der Waals surface area (Å²) in [6, 6.07) is 9.93. The lowest BCUT2D eigenvalue weighted by atomic mass is 9.86. The van der Waals surface area contributed by atoms with E-state index in [1.165, 1.54) is 24.3 Å². The molecule has 1 saturated carbocycles. The second kappa shape index (κ2) is 9.40. The quantitative estimate of drug-likeness (QED) is 0.491. The van der Waals surface area contributed by atoms with Crippen molar-refractivity contribution in [1.29, 1.82) is 0 Å². The van der Waals surface area contributed by atoms with Crippen LogP contribution in [0.2, 0.25) is 0 Å². The van der Waals surface area contributed by atoms with Crippen LogP contribution in [0.25, 0.3) is 0 Å². The average Bonchev–Trinajstić information content (AvgIpc) is 2.56. The van der Waals surface area contributed by atoms with Gasteiger partial charge in [-0.25, -0.2) is 4.79 Å². The van der Waals surface area contributed by atoms with Gasteiger partial charge >= 0.3 is 5.97 Å².